The molecule has 0 amide bonds. The Balaban J connectivity index is 2.08. The summed E-state index contributed by atoms with van der Waals surface area (Å²) < 4.78 is 5.57. The molecule has 0 unspecified atom stereocenters. The van der Waals surface area contributed by atoms with Gasteiger partial charge in [0, 0.05) is 23.6 Å². The van der Waals surface area contributed by atoms with Gasteiger partial charge in [-0.1, -0.05) is 61.2 Å². The zero-order chi connectivity index (χ0) is 20.8. The van der Waals surface area contributed by atoms with E-state index in [2.05, 4.69) is 58.8 Å². The monoisotopic (exact) mass is 380 g/mol. The molecule has 148 valence electrons. The van der Waals surface area contributed by atoms with Crippen LogP contribution in [-0.2, 0) is 21.5 Å². The predicted molar refractivity (Wildman–Crippen MR) is 112 cm³/mol. The minimum atomic E-state index is -0.403. The Morgan fingerprint density at radius 1 is 1.04 bits per heavy atom. The number of Topliss-reactive ketones (excluding diaryl/α,β-unsaturated/α-hetero) is 1. The smallest absolute Gasteiger partial charge is 0.330 e. The van der Waals surface area contributed by atoms with Crippen LogP contribution in [0.4, 0.5) is 0 Å². The third-order valence-electron chi connectivity index (χ3n) is 5.61. The zero-order valence-corrected chi connectivity index (χ0v) is 17.3. The molecule has 2 aromatic carbocycles. The van der Waals surface area contributed by atoms with Crippen LogP contribution in [0, 0.1) is 0 Å². The number of ketones is 1. The van der Waals surface area contributed by atoms with Gasteiger partial charge >= 0.3 is 5.97 Å². The van der Waals surface area contributed by atoms with Crippen molar-refractivity contribution in [1.82, 2.24) is 0 Å². The molecule has 0 aliphatic rings. The van der Waals surface area contributed by atoms with E-state index in [0.29, 0.717) is 24.1 Å². The zero-order valence-electron chi connectivity index (χ0n) is 17.3. The van der Waals surface area contributed by atoms with Crippen molar-refractivity contribution in [3.05, 3.63) is 83.9 Å². The fourth-order valence-corrected chi connectivity index (χ4v) is 3.03. The maximum atomic E-state index is 12.7. The number of carbonyl (C=O) groups excluding carboxylic acids is 2. The Bertz CT molecular complexity index is 821. The van der Waals surface area contributed by atoms with E-state index in [9.17, 15) is 9.59 Å². The molecule has 0 aromatic heterocycles. The fraction of sp³-hybridized carbons (Fsp3) is 0.333. The first kappa shape index (κ1) is 21.6. The Morgan fingerprint density at radius 2 is 1.64 bits per heavy atom. The van der Waals surface area contributed by atoms with Gasteiger partial charge in [0.2, 0.25) is 5.78 Å². The molecule has 0 fully saturated rings. The lowest BCUT2D eigenvalue weighted by Gasteiger charge is -2.44. The Kier molecular flexibility index (Phi) is 6.92. The number of likely N-dealkylation sites (N-methyl/N-ethyl adjacent to an activating group) is 1. The van der Waals surface area contributed by atoms with Gasteiger partial charge in [-0.15, -0.1) is 0 Å². The van der Waals surface area contributed by atoms with Crippen LogP contribution in [0.2, 0.25) is 0 Å². The van der Waals surface area contributed by atoms with Gasteiger partial charge in [0.25, 0.3) is 0 Å². The van der Waals surface area contributed by atoms with Crippen molar-refractivity contribution in [2.75, 3.05) is 27.2 Å². The predicted octanol–water partition coefficient (Wildman–Crippen LogP) is 4.15. The first-order chi connectivity index (χ1) is 13.2. The highest BCUT2D eigenvalue weighted by Crippen LogP contribution is 2.32. The van der Waals surface area contributed by atoms with Crippen molar-refractivity contribution >= 4 is 11.8 Å². The molecule has 0 saturated carbocycles. The normalized spacial score (nSPS) is 11.7. The second-order valence-corrected chi connectivity index (χ2v) is 8.01. The summed E-state index contributed by atoms with van der Waals surface area (Å²) in [5, 5.41) is 0. The minimum Gasteiger partial charge on any atom is -0.462 e. The highest BCUT2D eigenvalue weighted by molar-refractivity contribution is 5.96. The van der Waals surface area contributed by atoms with Crippen molar-refractivity contribution in [2.45, 2.75) is 25.8 Å². The molecule has 0 radical (unpaired) electrons. The number of quaternary nitrogens is 1. The molecule has 0 bridgehead atoms. The second kappa shape index (κ2) is 8.98. The van der Waals surface area contributed by atoms with E-state index in [-0.39, 0.29) is 11.3 Å². The first-order valence-electron chi connectivity index (χ1n) is 9.47. The summed E-state index contributed by atoms with van der Waals surface area (Å²) in [7, 11) is 4.17. The lowest BCUT2D eigenvalue weighted by molar-refractivity contribution is -0.938. The minimum absolute atomic E-state index is 0.138. The van der Waals surface area contributed by atoms with Crippen LogP contribution < -0.4 is 0 Å². The van der Waals surface area contributed by atoms with E-state index in [1.165, 1.54) is 6.08 Å². The largest absolute Gasteiger partial charge is 0.462 e. The highest BCUT2D eigenvalue weighted by atomic mass is 16.5. The average molecular weight is 381 g/mol. The van der Waals surface area contributed by atoms with Crippen molar-refractivity contribution in [1.29, 1.82) is 0 Å². The number of ether oxygens (including phenoxy) is 1. The van der Waals surface area contributed by atoms with E-state index in [1.54, 1.807) is 0 Å². The van der Waals surface area contributed by atoms with E-state index in [4.69, 9.17) is 4.74 Å². The molecule has 2 rings (SSSR count). The van der Waals surface area contributed by atoms with Crippen molar-refractivity contribution in [3.8, 4) is 0 Å². The number of hydrogen-bond donors (Lipinski definition) is 0. The topological polar surface area (TPSA) is 43.4 Å². The Labute approximate surface area is 168 Å². The van der Waals surface area contributed by atoms with Crippen molar-refractivity contribution < 1.29 is 18.8 Å². The first-order valence-corrected chi connectivity index (χ1v) is 9.47. The van der Waals surface area contributed by atoms with Crippen LogP contribution in [0.1, 0.15) is 35.3 Å². The average Bonchev–Trinajstić information content (AvgIpc) is 2.68. The summed E-state index contributed by atoms with van der Waals surface area (Å²) in [6.07, 6.45) is 1.83. The molecule has 2 aromatic rings. The molecule has 0 saturated heterocycles. The van der Waals surface area contributed by atoms with E-state index in [0.717, 1.165) is 16.7 Å². The molecular weight excluding hydrogens is 350 g/mol. The summed E-state index contributed by atoms with van der Waals surface area (Å²) in [6, 6.07) is 17.7. The third-order valence-corrected chi connectivity index (χ3v) is 5.61. The van der Waals surface area contributed by atoms with Crippen molar-refractivity contribution in [3.63, 3.8) is 0 Å². The quantitative estimate of drug-likeness (QED) is 0.284. The number of esters is 1. The molecule has 0 heterocycles. The summed E-state index contributed by atoms with van der Waals surface area (Å²) in [5.41, 5.74) is 2.75. The fourth-order valence-electron chi connectivity index (χ4n) is 3.03. The lowest BCUT2D eigenvalue weighted by Crippen LogP contribution is -2.56. The van der Waals surface area contributed by atoms with Crippen molar-refractivity contribution in [2.24, 2.45) is 0 Å². The molecule has 0 aliphatic heterocycles. The van der Waals surface area contributed by atoms with Crippen LogP contribution in [0.5, 0.6) is 0 Å². The summed E-state index contributed by atoms with van der Waals surface area (Å²) >= 11 is 0. The lowest BCUT2D eigenvalue weighted by atomic mass is 9.89. The summed E-state index contributed by atoms with van der Waals surface area (Å²) in [4.78, 5) is 23.8. The molecule has 4 nitrogen and oxygen atoms in total. The van der Waals surface area contributed by atoms with E-state index in [1.807, 2.05) is 30.3 Å². The maximum absolute atomic E-state index is 12.7. The number of hydrogen-bond acceptors (Lipinski definition) is 3. The van der Waals surface area contributed by atoms with Crippen LogP contribution in [0.3, 0.4) is 0 Å². The molecule has 0 N–H and O–H groups in total. The molecule has 4 heteroatoms. The van der Waals surface area contributed by atoms with Crippen LogP contribution in [0.15, 0.2) is 67.3 Å². The van der Waals surface area contributed by atoms with E-state index < -0.39 is 5.97 Å². The number of rotatable bonds is 9. The molecule has 28 heavy (non-hydrogen) atoms. The third kappa shape index (κ3) is 5.17. The number of nitrogens with zero attached hydrogens (tertiary/aromatic N) is 1. The SMILES string of the molecule is C=CC(=O)OCCc1ccc(C(C)(C)[N+](C)(C)CC(=O)c2ccccc2)cc1. The van der Waals surface area contributed by atoms with Gasteiger partial charge in [-0.3, -0.25) is 4.79 Å². The molecule has 0 aliphatic carbocycles. The van der Waals surface area contributed by atoms with Gasteiger partial charge < -0.3 is 9.22 Å². The Hall–Kier alpha value is -2.72. The molecule has 0 atom stereocenters. The van der Waals surface area contributed by atoms with Gasteiger partial charge in [0.1, 0.15) is 12.1 Å². The summed E-state index contributed by atoms with van der Waals surface area (Å²) in [6.45, 7) is 8.45. The molecular formula is C24H30NO3+. The molecule has 0 spiro atoms. The van der Waals surface area contributed by atoms with Crippen LogP contribution >= 0.6 is 0 Å². The number of carbonyl (C=O) groups is 2. The van der Waals surface area contributed by atoms with Crippen LogP contribution in [0.25, 0.3) is 0 Å². The number of benzene rings is 2. The maximum Gasteiger partial charge on any atom is 0.330 e. The van der Waals surface area contributed by atoms with Gasteiger partial charge in [-0.25, -0.2) is 4.79 Å². The second-order valence-electron chi connectivity index (χ2n) is 8.01. The van der Waals surface area contributed by atoms with Crippen LogP contribution in [-0.4, -0.2) is 43.5 Å². The highest BCUT2D eigenvalue weighted by Gasteiger charge is 2.39. The summed E-state index contributed by atoms with van der Waals surface area (Å²) in [5.74, 6) is -0.265. The standard InChI is InChI=1S/C24H30NO3/c1-6-23(27)28-17-16-19-12-14-21(15-13-19)24(2,3)25(4,5)18-22(26)20-10-8-7-9-11-20/h6-15H,1,16-18H2,2-5H3/q+1. The van der Waals surface area contributed by atoms with Gasteiger partial charge in [0.05, 0.1) is 20.7 Å². The van der Waals surface area contributed by atoms with Gasteiger partial charge in [-0.05, 0) is 19.4 Å². The van der Waals surface area contributed by atoms with Gasteiger partial charge in [0.15, 0.2) is 0 Å². The van der Waals surface area contributed by atoms with Gasteiger partial charge in [-0.2, -0.15) is 0 Å². The Morgan fingerprint density at radius 3 is 2.21 bits per heavy atom. The van der Waals surface area contributed by atoms with E-state index >= 15 is 0 Å².